The Morgan fingerprint density at radius 3 is 2.71 bits per heavy atom. The number of rotatable bonds is 3. The molecule has 1 fully saturated rings. The van der Waals surface area contributed by atoms with Gasteiger partial charge >= 0.3 is 0 Å². The van der Waals surface area contributed by atoms with Crippen LogP contribution in [0.5, 0.6) is 0 Å². The number of ether oxygens (including phenoxy) is 1. The maximum absolute atomic E-state index is 11.7. The second-order valence-corrected chi connectivity index (χ2v) is 5.52. The fraction of sp³-hybridized carbons (Fsp3) is 1.00. The molecule has 0 aromatic carbocycles. The summed E-state index contributed by atoms with van der Waals surface area (Å²) in [7, 11) is -0.280. The van der Waals surface area contributed by atoms with Crippen LogP contribution in [0, 0.1) is 0 Å². The van der Waals surface area contributed by atoms with Gasteiger partial charge in [0, 0.05) is 33.7 Å². The van der Waals surface area contributed by atoms with E-state index in [1.807, 2.05) is 0 Å². The van der Waals surface area contributed by atoms with Crippen molar-refractivity contribution in [1.29, 1.82) is 0 Å². The summed E-state index contributed by atoms with van der Waals surface area (Å²) in [6.45, 7) is 1.50. The van der Waals surface area contributed by atoms with Crippen molar-refractivity contribution in [1.82, 2.24) is 8.61 Å². The van der Waals surface area contributed by atoms with Gasteiger partial charge in [-0.3, -0.25) is 0 Å². The summed E-state index contributed by atoms with van der Waals surface area (Å²) >= 11 is 0. The first-order chi connectivity index (χ1) is 6.48. The molecule has 1 rings (SSSR count). The summed E-state index contributed by atoms with van der Waals surface area (Å²) in [5.41, 5.74) is 5.42. The molecule has 84 valence electrons. The van der Waals surface area contributed by atoms with E-state index in [4.69, 9.17) is 10.5 Å². The van der Waals surface area contributed by atoms with Gasteiger partial charge in [-0.25, -0.2) is 0 Å². The zero-order chi connectivity index (χ0) is 10.8. The second-order valence-electron chi connectivity index (χ2n) is 3.38. The van der Waals surface area contributed by atoms with Crippen LogP contribution in [0.15, 0.2) is 0 Å². The van der Waals surface area contributed by atoms with E-state index >= 15 is 0 Å². The molecule has 1 heterocycles. The molecule has 0 spiro atoms. The van der Waals surface area contributed by atoms with Crippen LogP contribution in [0.3, 0.4) is 0 Å². The minimum absolute atomic E-state index is 0.182. The van der Waals surface area contributed by atoms with Crippen LogP contribution in [0.4, 0.5) is 0 Å². The van der Waals surface area contributed by atoms with E-state index in [1.165, 1.54) is 22.7 Å². The first kappa shape index (κ1) is 11.9. The summed E-state index contributed by atoms with van der Waals surface area (Å²) in [6.07, 6.45) is -0.182. The Morgan fingerprint density at radius 2 is 2.21 bits per heavy atom. The average molecular weight is 223 g/mol. The average Bonchev–Trinajstić information content (AvgIpc) is 2.17. The highest BCUT2D eigenvalue weighted by molar-refractivity contribution is 7.86. The Kier molecular flexibility index (Phi) is 3.85. The molecular weight excluding hydrogens is 206 g/mol. The van der Waals surface area contributed by atoms with Crippen LogP contribution in [-0.2, 0) is 14.9 Å². The third-order valence-electron chi connectivity index (χ3n) is 2.15. The molecule has 0 aromatic rings. The minimum Gasteiger partial charge on any atom is -0.374 e. The van der Waals surface area contributed by atoms with E-state index in [1.54, 1.807) is 0 Å². The van der Waals surface area contributed by atoms with Crippen LogP contribution in [-0.4, -0.2) is 63.5 Å². The van der Waals surface area contributed by atoms with Crippen LogP contribution in [0.25, 0.3) is 0 Å². The molecule has 1 unspecified atom stereocenters. The highest BCUT2D eigenvalue weighted by atomic mass is 32.2. The number of morpholine rings is 1. The fourth-order valence-corrected chi connectivity index (χ4v) is 2.40. The van der Waals surface area contributed by atoms with Crippen molar-refractivity contribution in [2.45, 2.75) is 6.10 Å². The van der Waals surface area contributed by atoms with Crippen molar-refractivity contribution in [3.05, 3.63) is 0 Å². The molecule has 1 atom stereocenters. The van der Waals surface area contributed by atoms with Crippen LogP contribution >= 0.6 is 0 Å². The molecule has 0 aromatic heterocycles. The van der Waals surface area contributed by atoms with Gasteiger partial charge in [-0.05, 0) is 0 Å². The van der Waals surface area contributed by atoms with Gasteiger partial charge in [0.2, 0.25) is 0 Å². The number of nitrogens with two attached hydrogens (primary N) is 1. The van der Waals surface area contributed by atoms with Crippen LogP contribution in [0.2, 0.25) is 0 Å². The largest absolute Gasteiger partial charge is 0.374 e. The standard InChI is InChI=1S/C7H17N3O3S/c1-9(2)14(11,12)10-3-4-13-7(5-8)6-10/h7H,3-6,8H2,1-2H3. The van der Waals surface area contributed by atoms with Gasteiger partial charge in [-0.1, -0.05) is 0 Å². The quantitative estimate of drug-likeness (QED) is 0.628. The Balaban J connectivity index is 2.69. The summed E-state index contributed by atoms with van der Waals surface area (Å²) in [6, 6.07) is 0. The van der Waals surface area contributed by atoms with Crippen LogP contribution in [0.1, 0.15) is 0 Å². The lowest BCUT2D eigenvalue weighted by Crippen LogP contribution is -2.51. The predicted octanol–water partition coefficient (Wildman–Crippen LogP) is -1.55. The summed E-state index contributed by atoms with van der Waals surface area (Å²) in [5, 5.41) is 0. The topological polar surface area (TPSA) is 75.9 Å². The lowest BCUT2D eigenvalue weighted by Gasteiger charge is -2.32. The molecule has 0 bridgehead atoms. The molecule has 2 N–H and O–H groups in total. The zero-order valence-electron chi connectivity index (χ0n) is 8.51. The van der Waals surface area contributed by atoms with Gasteiger partial charge in [0.05, 0.1) is 12.7 Å². The highest BCUT2D eigenvalue weighted by Crippen LogP contribution is 2.10. The van der Waals surface area contributed by atoms with E-state index in [9.17, 15) is 8.42 Å². The summed E-state index contributed by atoms with van der Waals surface area (Å²) < 4.78 is 31.3. The third kappa shape index (κ3) is 2.43. The number of nitrogens with zero attached hydrogens (tertiary/aromatic N) is 2. The highest BCUT2D eigenvalue weighted by Gasteiger charge is 2.30. The second kappa shape index (κ2) is 4.54. The SMILES string of the molecule is CN(C)S(=O)(=O)N1CCOC(CN)C1. The van der Waals surface area contributed by atoms with Crippen molar-refractivity contribution < 1.29 is 13.2 Å². The van der Waals surface area contributed by atoms with Gasteiger partial charge in [0.25, 0.3) is 10.2 Å². The van der Waals surface area contributed by atoms with Crippen molar-refractivity contribution in [2.75, 3.05) is 40.3 Å². The molecule has 14 heavy (non-hydrogen) atoms. The molecule has 0 amide bonds. The Bertz CT molecular complexity index is 278. The third-order valence-corrected chi connectivity index (χ3v) is 4.06. The minimum atomic E-state index is -3.31. The predicted molar refractivity (Wildman–Crippen MR) is 53.0 cm³/mol. The Morgan fingerprint density at radius 1 is 1.57 bits per heavy atom. The summed E-state index contributed by atoms with van der Waals surface area (Å²) in [5.74, 6) is 0. The Hall–Kier alpha value is -0.210. The van der Waals surface area contributed by atoms with Gasteiger partial charge in [-0.2, -0.15) is 17.0 Å². The Labute approximate surface area is 84.8 Å². The van der Waals surface area contributed by atoms with E-state index in [2.05, 4.69) is 0 Å². The molecular formula is C7H17N3O3S. The molecule has 1 aliphatic rings. The maximum atomic E-state index is 11.7. The van der Waals surface area contributed by atoms with E-state index in [0.717, 1.165) is 0 Å². The first-order valence-electron chi connectivity index (χ1n) is 4.47. The molecule has 1 saturated heterocycles. The molecule has 0 radical (unpaired) electrons. The van der Waals surface area contributed by atoms with Crippen molar-refractivity contribution in [3.8, 4) is 0 Å². The van der Waals surface area contributed by atoms with Crippen molar-refractivity contribution in [3.63, 3.8) is 0 Å². The van der Waals surface area contributed by atoms with Crippen LogP contribution < -0.4 is 5.73 Å². The molecule has 7 heteroatoms. The summed E-state index contributed by atoms with van der Waals surface area (Å²) in [4.78, 5) is 0. The number of hydrogen-bond donors (Lipinski definition) is 1. The van der Waals surface area contributed by atoms with Crippen molar-refractivity contribution >= 4 is 10.2 Å². The first-order valence-corrected chi connectivity index (χ1v) is 5.87. The van der Waals surface area contributed by atoms with Gasteiger partial charge in [0.15, 0.2) is 0 Å². The molecule has 0 saturated carbocycles. The van der Waals surface area contributed by atoms with E-state index in [-0.39, 0.29) is 6.10 Å². The van der Waals surface area contributed by atoms with Gasteiger partial charge in [0.1, 0.15) is 0 Å². The molecule has 0 aliphatic carbocycles. The molecule has 1 aliphatic heterocycles. The monoisotopic (exact) mass is 223 g/mol. The number of hydrogen-bond acceptors (Lipinski definition) is 4. The fourth-order valence-electron chi connectivity index (χ4n) is 1.28. The molecule has 6 nitrogen and oxygen atoms in total. The van der Waals surface area contributed by atoms with Gasteiger partial charge < -0.3 is 10.5 Å². The maximum Gasteiger partial charge on any atom is 0.281 e. The van der Waals surface area contributed by atoms with Crippen molar-refractivity contribution in [2.24, 2.45) is 5.73 Å². The lowest BCUT2D eigenvalue weighted by molar-refractivity contribution is 0.00317. The zero-order valence-corrected chi connectivity index (χ0v) is 9.33. The lowest BCUT2D eigenvalue weighted by atomic mass is 10.3. The van der Waals surface area contributed by atoms with Gasteiger partial charge in [-0.15, -0.1) is 0 Å². The van der Waals surface area contributed by atoms with E-state index in [0.29, 0.717) is 26.2 Å². The van der Waals surface area contributed by atoms with E-state index < -0.39 is 10.2 Å². The smallest absolute Gasteiger partial charge is 0.281 e. The normalized spacial score (nSPS) is 25.6.